The summed E-state index contributed by atoms with van der Waals surface area (Å²) in [5.41, 5.74) is 1.01. The molecule has 0 bridgehead atoms. The van der Waals surface area contributed by atoms with Crippen molar-refractivity contribution in [1.29, 1.82) is 0 Å². The lowest BCUT2D eigenvalue weighted by molar-refractivity contribution is 0.0613. The molecule has 2 amide bonds. The quantitative estimate of drug-likeness (QED) is 0.676. The Morgan fingerprint density at radius 1 is 1.12 bits per heavy atom. The number of amides is 2. The van der Waals surface area contributed by atoms with E-state index >= 15 is 0 Å². The van der Waals surface area contributed by atoms with Crippen molar-refractivity contribution in [3.8, 4) is 11.8 Å². The SMILES string of the molecule is CN(C)c1cccc(Oc2nnnn2[C@H]2CO[C@H]3[C@@H]2OC[C@@H]3NC(=O)NC2CCCCC2)c1. The summed E-state index contributed by atoms with van der Waals surface area (Å²) < 4.78 is 19.6. The standard InChI is InChI=1S/C22H31N7O4/c1-28(2)15-9-6-10-16(11-15)33-22-25-26-27-29(22)18-13-32-19-17(12-31-20(18)19)24-21(30)23-14-7-4-3-5-8-14/h6,9-11,14,17-20H,3-5,7-8,12-13H2,1-2H3,(H2,23,24,30)/t17-,18-,19+,20+/m0/s1. The minimum Gasteiger partial charge on any atom is -0.423 e. The predicted molar refractivity (Wildman–Crippen MR) is 120 cm³/mol. The van der Waals surface area contributed by atoms with Gasteiger partial charge in [0.15, 0.2) is 0 Å². The van der Waals surface area contributed by atoms with Gasteiger partial charge >= 0.3 is 12.0 Å². The number of nitrogens with one attached hydrogen (secondary N) is 2. The second kappa shape index (κ2) is 9.52. The summed E-state index contributed by atoms with van der Waals surface area (Å²) in [6.45, 7) is 0.754. The van der Waals surface area contributed by atoms with Crippen LogP contribution in [0.4, 0.5) is 10.5 Å². The highest BCUT2D eigenvalue weighted by molar-refractivity contribution is 5.74. The molecule has 33 heavy (non-hydrogen) atoms. The van der Waals surface area contributed by atoms with Crippen LogP contribution < -0.4 is 20.3 Å². The Bertz CT molecular complexity index is 962. The maximum absolute atomic E-state index is 12.5. The first-order valence-electron chi connectivity index (χ1n) is 11.6. The molecule has 1 aliphatic carbocycles. The summed E-state index contributed by atoms with van der Waals surface area (Å²) in [6.07, 6.45) is 5.13. The number of rotatable bonds is 6. The van der Waals surface area contributed by atoms with Crippen molar-refractivity contribution in [2.24, 2.45) is 0 Å². The largest absolute Gasteiger partial charge is 0.423 e. The molecule has 1 aromatic heterocycles. The predicted octanol–water partition coefficient (Wildman–Crippen LogP) is 1.87. The van der Waals surface area contributed by atoms with Crippen molar-refractivity contribution in [1.82, 2.24) is 30.8 Å². The van der Waals surface area contributed by atoms with Crippen LogP contribution in [0.25, 0.3) is 0 Å². The van der Waals surface area contributed by atoms with E-state index in [1.54, 1.807) is 4.68 Å². The number of carbonyl (C=O) groups is 1. The van der Waals surface area contributed by atoms with Gasteiger partial charge in [0, 0.05) is 31.9 Å². The van der Waals surface area contributed by atoms with Gasteiger partial charge in [-0.05, 0) is 35.4 Å². The van der Waals surface area contributed by atoms with E-state index in [9.17, 15) is 4.79 Å². The van der Waals surface area contributed by atoms with Crippen molar-refractivity contribution in [2.45, 2.75) is 62.4 Å². The Hall–Kier alpha value is -2.92. The Morgan fingerprint density at radius 3 is 2.76 bits per heavy atom. The molecule has 0 spiro atoms. The second-order valence-electron chi connectivity index (χ2n) is 9.12. The number of aromatic nitrogens is 4. The summed E-state index contributed by atoms with van der Waals surface area (Å²) >= 11 is 0. The van der Waals surface area contributed by atoms with Gasteiger partial charge in [0.2, 0.25) is 0 Å². The first kappa shape index (κ1) is 21.9. The highest BCUT2D eigenvalue weighted by atomic mass is 16.6. The Kier molecular flexibility index (Phi) is 6.32. The molecule has 2 N–H and O–H groups in total. The smallest absolute Gasteiger partial charge is 0.341 e. The van der Waals surface area contributed by atoms with Crippen LogP contribution in [-0.4, -0.2) is 77.8 Å². The van der Waals surface area contributed by atoms with E-state index in [1.165, 1.54) is 19.3 Å². The molecule has 11 nitrogen and oxygen atoms in total. The molecule has 0 radical (unpaired) electrons. The van der Waals surface area contributed by atoms with Crippen LogP contribution in [0.2, 0.25) is 0 Å². The van der Waals surface area contributed by atoms with E-state index in [1.807, 2.05) is 43.3 Å². The van der Waals surface area contributed by atoms with Gasteiger partial charge in [-0.25, -0.2) is 4.79 Å². The van der Waals surface area contributed by atoms with Crippen molar-refractivity contribution in [3.05, 3.63) is 24.3 Å². The van der Waals surface area contributed by atoms with Crippen LogP contribution in [0.15, 0.2) is 24.3 Å². The molecule has 5 rings (SSSR count). The fourth-order valence-electron chi connectivity index (χ4n) is 4.85. The van der Waals surface area contributed by atoms with Crippen molar-refractivity contribution in [2.75, 3.05) is 32.2 Å². The average Bonchev–Trinajstić information content (AvgIpc) is 3.52. The third-order valence-corrected chi connectivity index (χ3v) is 6.60. The van der Waals surface area contributed by atoms with Gasteiger partial charge < -0.3 is 29.7 Å². The Labute approximate surface area is 192 Å². The number of urea groups is 1. The lowest BCUT2D eigenvalue weighted by Gasteiger charge is -2.24. The third-order valence-electron chi connectivity index (χ3n) is 6.60. The molecule has 3 fully saturated rings. The first-order chi connectivity index (χ1) is 16.1. The van der Waals surface area contributed by atoms with Crippen LogP contribution in [0.1, 0.15) is 38.1 Å². The summed E-state index contributed by atoms with van der Waals surface area (Å²) in [5, 5.41) is 18.1. The number of benzene rings is 1. The van der Waals surface area contributed by atoms with Crippen molar-refractivity contribution in [3.63, 3.8) is 0 Å². The Balaban J connectivity index is 1.22. The van der Waals surface area contributed by atoms with Gasteiger partial charge in [-0.1, -0.05) is 30.4 Å². The number of tetrazole rings is 1. The topological polar surface area (TPSA) is 116 Å². The highest BCUT2D eigenvalue weighted by Gasteiger charge is 2.50. The lowest BCUT2D eigenvalue weighted by atomic mass is 9.96. The van der Waals surface area contributed by atoms with Crippen LogP contribution in [0.5, 0.6) is 11.8 Å². The van der Waals surface area contributed by atoms with Gasteiger partial charge in [-0.3, -0.25) is 0 Å². The molecule has 3 aliphatic rings. The number of carbonyl (C=O) groups excluding carboxylic acids is 1. The second-order valence-corrected chi connectivity index (χ2v) is 9.12. The van der Waals surface area contributed by atoms with Gasteiger partial charge in [-0.15, -0.1) is 0 Å². The fraction of sp³-hybridized carbons (Fsp3) is 0.636. The number of nitrogens with zero attached hydrogens (tertiary/aromatic N) is 5. The minimum absolute atomic E-state index is 0.157. The third kappa shape index (κ3) is 4.74. The maximum Gasteiger partial charge on any atom is 0.341 e. The van der Waals surface area contributed by atoms with Crippen molar-refractivity contribution < 1.29 is 19.0 Å². The molecule has 2 aliphatic heterocycles. The summed E-state index contributed by atoms with van der Waals surface area (Å²) in [6, 6.07) is 7.59. The zero-order valence-corrected chi connectivity index (χ0v) is 19.0. The number of ether oxygens (including phenoxy) is 3. The van der Waals surface area contributed by atoms with E-state index in [4.69, 9.17) is 14.2 Å². The zero-order chi connectivity index (χ0) is 22.8. The average molecular weight is 458 g/mol. The van der Waals surface area contributed by atoms with E-state index in [2.05, 4.69) is 26.2 Å². The molecule has 0 unspecified atom stereocenters. The molecule has 178 valence electrons. The first-order valence-corrected chi connectivity index (χ1v) is 11.6. The summed E-state index contributed by atoms with van der Waals surface area (Å²) in [5.74, 6) is 0.638. The number of hydrogen-bond donors (Lipinski definition) is 2. The van der Waals surface area contributed by atoms with Gasteiger partial charge in [-0.2, -0.15) is 4.68 Å². The molecule has 1 saturated carbocycles. The summed E-state index contributed by atoms with van der Waals surface area (Å²) in [7, 11) is 3.94. The number of anilines is 1. The normalized spacial score (nSPS) is 27.2. The van der Waals surface area contributed by atoms with E-state index in [0.29, 0.717) is 19.0 Å². The van der Waals surface area contributed by atoms with Crippen LogP contribution in [0.3, 0.4) is 0 Å². The molecule has 3 heterocycles. The Morgan fingerprint density at radius 2 is 1.94 bits per heavy atom. The highest BCUT2D eigenvalue weighted by Crippen LogP contribution is 2.36. The molecular weight excluding hydrogens is 426 g/mol. The van der Waals surface area contributed by atoms with Crippen molar-refractivity contribution >= 4 is 11.7 Å². The molecule has 4 atom stereocenters. The van der Waals surface area contributed by atoms with Gasteiger partial charge in [0.05, 0.1) is 19.3 Å². The molecule has 1 aromatic carbocycles. The van der Waals surface area contributed by atoms with E-state index in [-0.39, 0.29) is 42.4 Å². The van der Waals surface area contributed by atoms with E-state index < -0.39 is 0 Å². The van der Waals surface area contributed by atoms with E-state index in [0.717, 1.165) is 18.5 Å². The molecular formula is C22H31N7O4. The molecule has 11 heteroatoms. The zero-order valence-electron chi connectivity index (χ0n) is 19.0. The minimum atomic E-state index is -0.274. The fourth-order valence-corrected chi connectivity index (χ4v) is 4.85. The molecule has 2 aromatic rings. The number of hydrogen-bond acceptors (Lipinski definition) is 8. The van der Waals surface area contributed by atoms with Crippen LogP contribution >= 0.6 is 0 Å². The van der Waals surface area contributed by atoms with Crippen LogP contribution in [0, 0.1) is 0 Å². The van der Waals surface area contributed by atoms with Gasteiger partial charge in [0.1, 0.15) is 24.0 Å². The number of fused-ring (bicyclic) bond motifs is 1. The maximum atomic E-state index is 12.5. The lowest BCUT2D eigenvalue weighted by Crippen LogP contribution is -2.50. The van der Waals surface area contributed by atoms with Crippen LogP contribution in [-0.2, 0) is 9.47 Å². The summed E-state index contributed by atoms with van der Waals surface area (Å²) in [4.78, 5) is 14.5. The monoisotopic (exact) mass is 457 g/mol. The molecule has 2 saturated heterocycles. The van der Waals surface area contributed by atoms with Gasteiger partial charge in [0.25, 0.3) is 0 Å².